The largest absolute Gasteiger partial charge is 0.495 e. The van der Waals surface area contributed by atoms with Crippen molar-refractivity contribution in [2.24, 2.45) is 0 Å². The Morgan fingerprint density at radius 1 is 1.19 bits per heavy atom. The van der Waals surface area contributed by atoms with Crippen LogP contribution in [0.3, 0.4) is 0 Å². The summed E-state index contributed by atoms with van der Waals surface area (Å²) in [7, 11) is 1.58. The lowest BCUT2D eigenvalue weighted by Crippen LogP contribution is -2.23. The minimum absolute atomic E-state index is 0.329. The SMILES string of the molecule is CCOc1cc(OC(C)(C)C)c2ccc(OC)c(Cl)c2n1. The number of nitrogens with zero attached hydrogens (tertiary/aromatic N) is 1. The summed E-state index contributed by atoms with van der Waals surface area (Å²) in [4.78, 5) is 4.45. The summed E-state index contributed by atoms with van der Waals surface area (Å²) in [5, 5.41) is 1.29. The van der Waals surface area contributed by atoms with E-state index in [0.717, 1.165) is 5.39 Å². The smallest absolute Gasteiger partial charge is 0.217 e. The van der Waals surface area contributed by atoms with Gasteiger partial charge in [-0.25, -0.2) is 4.98 Å². The van der Waals surface area contributed by atoms with E-state index in [9.17, 15) is 0 Å². The number of rotatable bonds is 4. The molecule has 0 saturated heterocycles. The zero-order chi connectivity index (χ0) is 15.6. The Kier molecular flexibility index (Phi) is 4.47. The van der Waals surface area contributed by atoms with Crippen LogP contribution in [0.15, 0.2) is 18.2 Å². The Morgan fingerprint density at radius 3 is 2.48 bits per heavy atom. The standard InChI is InChI=1S/C16H20ClNO3/c1-6-20-13-9-12(21-16(2,3)4)10-7-8-11(19-5)14(17)15(10)18-13/h7-9H,6H2,1-5H3. The molecule has 0 aliphatic carbocycles. The van der Waals surface area contributed by atoms with Crippen molar-refractivity contribution in [1.82, 2.24) is 4.98 Å². The molecule has 21 heavy (non-hydrogen) atoms. The molecule has 0 spiro atoms. The summed E-state index contributed by atoms with van der Waals surface area (Å²) in [6, 6.07) is 5.49. The van der Waals surface area contributed by atoms with E-state index in [1.54, 1.807) is 13.2 Å². The molecule has 5 heteroatoms. The minimum atomic E-state index is -0.329. The van der Waals surface area contributed by atoms with Gasteiger partial charge in [0.25, 0.3) is 0 Å². The van der Waals surface area contributed by atoms with Crippen molar-refractivity contribution in [3.63, 3.8) is 0 Å². The van der Waals surface area contributed by atoms with E-state index < -0.39 is 0 Å². The van der Waals surface area contributed by atoms with Crippen molar-refractivity contribution in [2.75, 3.05) is 13.7 Å². The zero-order valence-corrected chi connectivity index (χ0v) is 13.7. The highest BCUT2D eigenvalue weighted by atomic mass is 35.5. The lowest BCUT2D eigenvalue weighted by Gasteiger charge is -2.23. The third-order valence-corrected chi connectivity index (χ3v) is 3.12. The third-order valence-electron chi connectivity index (χ3n) is 2.75. The average molecular weight is 310 g/mol. The molecule has 1 aromatic carbocycles. The summed E-state index contributed by atoms with van der Waals surface area (Å²) in [5.74, 6) is 1.76. The Labute approximate surface area is 130 Å². The van der Waals surface area contributed by atoms with E-state index >= 15 is 0 Å². The number of hydrogen-bond acceptors (Lipinski definition) is 4. The fourth-order valence-electron chi connectivity index (χ4n) is 1.98. The fraction of sp³-hybridized carbons (Fsp3) is 0.438. The van der Waals surface area contributed by atoms with Gasteiger partial charge in [-0.3, -0.25) is 0 Å². The van der Waals surface area contributed by atoms with E-state index in [4.69, 9.17) is 25.8 Å². The Bertz CT molecular complexity index is 650. The molecule has 2 aromatic rings. The number of fused-ring (bicyclic) bond motifs is 1. The molecule has 0 aliphatic heterocycles. The van der Waals surface area contributed by atoms with Crippen LogP contribution in [0.5, 0.6) is 17.4 Å². The van der Waals surface area contributed by atoms with Gasteiger partial charge in [-0.15, -0.1) is 0 Å². The van der Waals surface area contributed by atoms with Gasteiger partial charge in [0.15, 0.2) is 0 Å². The van der Waals surface area contributed by atoms with Gasteiger partial charge < -0.3 is 14.2 Å². The minimum Gasteiger partial charge on any atom is -0.495 e. The molecule has 0 radical (unpaired) electrons. The van der Waals surface area contributed by atoms with Gasteiger partial charge in [-0.2, -0.15) is 0 Å². The van der Waals surface area contributed by atoms with Gasteiger partial charge in [0, 0.05) is 11.5 Å². The summed E-state index contributed by atoms with van der Waals surface area (Å²) in [6.45, 7) is 8.40. The third kappa shape index (κ3) is 3.50. The molecular formula is C16H20ClNO3. The van der Waals surface area contributed by atoms with Gasteiger partial charge in [-0.05, 0) is 39.8 Å². The Hall–Kier alpha value is -1.68. The van der Waals surface area contributed by atoms with Crippen LogP contribution < -0.4 is 14.2 Å². The number of pyridine rings is 1. The van der Waals surface area contributed by atoms with Gasteiger partial charge in [0.2, 0.25) is 5.88 Å². The summed E-state index contributed by atoms with van der Waals surface area (Å²) in [6.07, 6.45) is 0. The predicted molar refractivity (Wildman–Crippen MR) is 84.9 cm³/mol. The molecule has 0 saturated carbocycles. The summed E-state index contributed by atoms with van der Waals surface area (Å²) >= 11 is 6.36. The summed E-state index contributed by atoms with van der Waals surface area (Å²) < 4.78 is 16.8. The normalized spacial score (nSPS) is 11.5. The highest BCUT2D eigenvalue weighted by Crippen LogP contribution is 2.38. The van der Waals surface area contributed by atoms with Crippen LogP contribution in [0.2, 0.25) is 5.02 Å². The number of hydrogen-bond donors (Lipinski definition) is 0. The topological polar surface area (TPSA) is 40.6 Å². The van der Waals surface area contributed by atoms with Crippen LogP contribution in [0, 0.1) is 0 Å². The van der Waals surface area contributed by atoms with Crippen LogP contribution in [-0.4, -0.2) is 24.3 Å². The second-order valence-electron chi connectivity index (χ2n) is 5.58. The molecule has 0 unspecified atom stereocenters. The van der Waals surface area contributed by atoms with Crippen molar-refractivity contribution in [3.05, 3.63) is 23.2 Å². The quantitative estimate of drug-likeness (QED) is 0.835. The first-order valence-corrected chi connectivity index (χ1v) is 7.22. The maximum atomic E-state index is 6.36. The second kappa shape index (κ2) is 5.98. The molecule has 0 atom stereocenters. The van der Waals surface area contributed by atoms with Gasteiger partial charge in [0.1, 0.15) is 27.6 Å². The van der Waals surface area contributed by atoms with E-state index in [1.807, 2.05) is 39.8 Å². The highest BCUT2D eigenvalue weighted by molar-refractivity contribution is 6.36. The molecule has 0 amide bonds. The fourth-order valence-corrected chi connectivity index (χ4v) is 2.26. The molecule has 0 aliphatic rings. The van der Waals surface area contributed by atoms with Crippen LogP contribution in [-0.2, 0) is 0 Å². The van der Waals surface area contributed by atoms with E-state index in [-0.39, 0.29) is 5.60 Å². The number of halogens is 1. The number of aromatic nitrogens is 1. The highest BCUT2D eigenvalue weighted by Gasteiger charge is 2.18. The molecule has 0 fully saturated rings. The second-order valence-corrected chi connectivity index (χ2v) is 5.96. The van der Waals surface area contributed by atoms with Crippen molar-refractivity contribution in [1.29, 1.82) is 0 Å². The first-order chi connectivity index (χ1) is 9.85. The van der Waals surface area contributed by atoms with E-state index in [1.165, 1.54) is 0 Å². The molecule has 4 nitrogen and oxygen atoms in total. The molecule has 114 valence electrons. The Morgan fingerprint density at radius 2 is 1.90 bits per heavy atom. The van der Waals surface area contributed by atoms with Gasteiger partial charge >= 0.3 is 0 Å². The van der Waals surface area contributed by atoms with Crippen LogP contribution >= 0.6 is 11.6 Å². The van der Waals surface area contributed by atoms with Crippen molar-refractivity contribution < 1.29 is 14.2 Å². The lowest BCUT2D eigenvalue weighted by atomic mass is 10.1. The number of methoxy groups -OCH3 is 1. The first kappa shape index (κ1) is 15.7. The van der Waals surface area contributed by atoms with Crippen molar-refractivity contribution in [2.45, 2.75) is 33.3 Å². The molecule has 0 N–H and O–H groups in total. The molecule has 2 rings (SSSR count). The molecule has 1 heterocycles. The first-order valence-electron chi connectivity index (χ1n) is 6.84. The van der Waals surface area contributed by atoms with Crippen molar-refractivity contribution >= 4 is 22.5 Å². The molecule has 1 aromatic heterocycles. The summed E-state index contributed by atoms with van der Waals surface area (Å²) in [5.41, 5.74) is 0.283. The number of benzene rings is 1. The van der Waals surface area contributed by atoms with Crippen LogP contribution in [0.1, 0.15) is 27.7 Å². The van der Waals surface area contributed by atoms with Crippen LogP contribution in [0.4, 0.5) is 0 Å². The maximum absolute atomic E-state index is 6.36. The van der Waals surface area contributed by atoms with E-state index in [0.29, 0.717) is 34.5 Å². The monoisotopic (exact) mass is 309 g/mol. The van der Waals surface area contributed by atoms with E-state index in [2.05, 4.69) is 4.98 Å². The predicted octanol–water partition coefficient (Wildman–Crippen LogP) is 4.47. The Balaban J connectivity index is 2.67. The van der Waals surface area contributed by atoms with Gasteiger partial charge in [-0.1, -0.05) is 11.6 Å². The average Bonchev–Trinajstić information content (AvgIpc) is 2.38. The molecule has 0 bridgehead atoms. The van der Waals surface area contributed by atoms with Crippen LogP contribution in [0.25, 0.3) is 10.9 Å². The maximum Gasteiger partial charge on any atom is 0.217 e. The number of ether oxygens (including phenoxy) is 3. The molecular weight excluding hydrogens is 290 g/mol. The van der Waals surface area contributed by atoms with Crippen molar-refractivity contribution in [3.8, 4) is 17.4 Å². The zero-order valence-electron chi connectivity index (χ0n) is 13.0. The van der Waals surface area contributed by atoms with Gasteiger partial charge in [0.05, 0.1) is 13.7 Å². The lowest BCUT2D eigenvalue weighted by molar-refractivity contribution is 0.132.